The highest BCUT2D eigenvalue weighted by Crippen LogP contribution is 2.29. The Labute approximate surface area is 151 Å². The Morgan fingerprint density at radius 3 is 2.54 bits per heavy atom. The van der Waals surface area contributed by atoms with E-state index in [1.54, 1.807) is 19.2 Å². The van der Waals surface area contributed by atoms with E-state index in [1.807, 2.05) is 0 Å². The molecule has 2 aromatic rings. The Kier molecular flexibility index (Phi) is 6.50. The molecule has 0 fully saturated rings. The minimum absolute atomic E-state index is 0.0120. The van der Waals surface area contributed by atoms with Gasteiger partial charge in [-0.3, -0.25) is 15.1 Å². The summed E-state index contributed by atoms with van der Waals surface area (Å²) in [5.74, 6) is 0.468. The van der Waals surface area contributed by atoms with Crippen molar-refractivity contribution in [2.75, 3.05) is 13.6 Å². The minimum atomic E-state index is -4.43. The predicted molar refractivity (Wildman–Crippen MR) is 92.1 cm³/mol. The maximum atomic E-state index is 12.5. The van der Waals surface area contributed by atoms with Gasteiger partial charge in [0.1, 0.15) is 0 Å². The lowest BCUT2D eigenvalue weighted by atomic mass is 10.2. The summed E-state index contributed by atoms with van der Waals surface area (Å²) in [6.07, 6.45) is -4.09. The summed E-state index contributed by atoms with van der Waals surface area (Å²) in [7, 11) is 1.57. The summed E-state index contributed by atoms with van der Waals surface area (Å²) in [5, 5.41) is 18.0. The molecule has 7 nitrogen and oxygen atoms in total. The number of benzene rings is 1. The molecule has 0 aliphatic rings. The number of nitro groups is 1. The first-order valence-electron chi connectivity index (χ1n) is 7.49. The summed E-state index contributed by atoms with van der Waals surface area (Å²) in [5.41, 5.74) is -0.0376. The molecular formula is C15H16F3N5O2S. The van der Waals surface area contributed by atoms with Crippen LogP contribution in [-0.2, 0) is 19.1 Å². The van der Waals surface area contributed by atoms with E-state index in [0.29, 0.717) is 30.5 Å². The van der Waals surface area contributed by atoms with Crippen LogP contribution in [0.4, 0.5) is 18.9 Å². The molecule has 2 N–H and O–H groups in total. The average Bonchev–Trinajstić information content (AvgIpc) is 3.07. The number of nitrogens with zero attached hydrogens (tertiary/aromatic N) is 3. The minimum Gasteiger partial charge on any atom is -0.356 e. The fraction of sp³-hybridized carbons (Fsp3) is 0.333. The second-order valence-corrected chi connectivity index (χ2v) is 6.09. The van der Waals surface area contributed by atoms with E-state index in [0.717, 1.165) is 22.3 Å². The quantitative estimate of drug-likeness (QED) is 0.344. The van der Waals surface area contributed by atoms with Crippen molar-refractivity contribution >= 4 is 23.0 Å². The van der Waals surface area contributed by atoms with Crippen molar-refractivity contribution in [3.63, 3.8) is 0 Å². The van der Waals surface area contributed by atoms with Crippen LogP contribution in [0, 0.1) is 10.1 Å². The number of nitrogens with one attached hydrogen (secondary N) is 2. The largest absolute Gasteiger partial charge is 0.434 e. The molecule has 0 radical (unpaired) electrons. The molecule has 0 bridgehead atoms. The monoisotopic (exact) mass is 387 g/mol. The molecule has 0 amide bonds. The van der Waals surface area contributed by atoms with E-state index in [-0.39, 0.29) is 5.69 Å². The molecule has 0 spiro atoms. The van der Waals surface area contributed by atoms with Gasteiger partial charge in [0.25, 0.3) is 5.69 Å². The van der Waals surface area contributed by atoms with E-state index < -0.39 is 16.8 Å². The summed E-state index contributed by atoms with van der Waals surface area (Å²) in [6.45, 7) is 0.762. The van der Waals surface area contributed by atoms with Crippen molar-refractivity contribution in [3.05, 3.63) is 56.0 Å². The van der Waals surface area contributed by atoms with E-state index in [2.05, 4.69) is 20.6 Å². The van der Waals surface area contributed by atoms with Crippen LogP contribution in [0.3, 0.4) is 0 Å². The average molecular weight is 387 g/mol. The van der Waals surface area contributed by atoms with Crippen LogP contribution in [0.25, 0.3) is 0 Å². The number of nitro benzene ring substituents is 1. The molecule has 0 saturated carbocycles. The van der Waals surface area contributed by atoms with Gasteiger partial charge in [-0.15, -0.1) is 11.3 Å². The third-order valence-corrected chi connectivity index (χ3v) is 4.21. The zero-order valence-electron chi connectivity index (χ0n) is 13.7. The highest BCUT2D eigenvalue weighted by Gasteiger charge is 2.33. The Balaban J connectivity index is 1.79. The molecular weight excluding hydrogens is 371 g/mol. The molecule has 2 rings (SSSR count). The lowest BCUT2D eigenvalue weighted by Crippen LogP contribution is -2.37. The first-order chi connectivity index (χ1) is 12.3. The molecule has 0 saturated heterocycles. The SMILES string of the molecule is CN=C(NCCc1nc(C(F)(F)F)cs1)NCc1ccc([N+](=O)[O-])cc1. The zero-order valence-corrected chi connectivity index (χ0v) is 14.5. The summed E-state index contributed by atoms with van der Waals surface area (Å²) in [6, 6.07) is 6.08. The number of non-ortho nitro benzene ring substituents is 1. The molecule has 0 unspecified atom stereocenters. The van der Waals surface area contributed by atoms with Crippen molar-refractivity contribution in [3.8, 4) is 0 Å². The molecule has 0 atom stereocenters. The number of halogens is 3. The van der Waals surface area contributed by atoms with Crippen molar-refractivity contribution < 1.29 is 18.1 Å². The summed E-state index contributed by atoms with van der Waals surface area (Å²) in [4.78, 5) is 17.7. The summed E-state index contributed by atoms with van der Waals surface area (Å²) >= 11 is 0.963. The van der Waals surface area contributed by atoms with Gasteiger partial charge >= 0.3 is 6.18 Å². The van der Waals surface area contributed by atoms with Gasteiger partial charge in [0, 0.05) is 44.1 Å². The Bertz CT molecular complexity index is 774. The van der Waals surface area contributed by atoms with Crippen LogP contribution in [0.2, 0.25) is 0 Å². The molecule has 11 heteroatoms. The molecule has 26 heavy (non-hydrogen) atoms. The van der Waals surface area contributed by atoms with E-state index in [4.69, 9.17) is 0 Å². The van der Waals surface area contributed by atoms with Crippen LogP contribution in [0.5, 0.6) is 0 Å². The van der Waals surface area contributed by atoms with E-state index in [1.165, 1.54) is 12.1 Å². The van der Waals surface area contributed by atoms with Crippen molar-refractivity contribution in [2.24, 2.45) is 4.99 Å². The Morgan fingerprint density at radius 2 is 2.00 bits per heavy atom. The van der Waals surface area contributed by atoms with Crippen molar-refractivity contribution in [1.82, 2.24) is 15.6 Å². The Morgan fingerprint density at radius 1 is 1.31 bits per heavy atom. The van der Waals surface area contributed by atoms with Crippen LogP contribution in [0.1, 0.15) is 16.3 Å². The van der Waals surface area contributed by atoms with Crippen molar-refractivity contribution in [1.29, 1.82) is 0 Å². The number of aromatic nitrogens is 1. The predicted octanol–water partition coefficient (Wildman–Crippen LogP) is 2.98. The smallest absolute Gasteiger partial charge is 0.356 e. The maximum Gasteiger partial charge on any atom is 0.434 e. The molecule has 1 aromatic carbocycles. The van der Waals surface area contributed by atoms with Gasteiger partial charge in [0.2, 0.25) is 0 Å². The number of hydrogen-bond donors (Lipinski definition) is 2. The fourth-order valence-electron chi connectivity index (χ4n) is 1.99. The highest BCUT2D eigenvalue weighted by molar-refractivity contribution is 7.09. The van der Waals surface area contributed by atoms with E-state index in [9.17, 15) is 23.3 Å². The number of aliphatic imine (C=N–C) groups is 1. The summed E-state index contributed by atoms with van der Waals surface area (Å²) < 4.78 is 37.5. The standard InChI is InChI=1S/C15H16F3N5O2S/c1-19-14(21-8-10-2-4-11(5-3-10)23(24)25)20-7-6-13-22-12(9-26-13)15(16,17)18/h2-5,9H,6-8H2,1H3,(H2,19,20,21). The van der Waals surface area contributed by atoms with Gasteiger partial charge < -0.3 is 10.6 Å². The normalized spacial score (nSPS) is 12.1. The van der Waals surface area contributed by atoms with Crippen LogP contribution < -0.4 is 10.6 Å². The third kappa shape index (κ3) is 5.69. The fourth-order valence-corrected chi connectivity index (χ4v) is 2.79. The van der Waals surface area contributed by atoms with Gasteiger partial charge in [-0.1, -0.05) is 12.1 Å². The molecule has 0 aliphatic heterocycles. The van der Waals surface area contributed by atoms with Crippen molar-refractivity contribution in [2.45, 2.75) is 19.1 Å². The van der Waals surface area contributed by atoms with E-state index >= 15 is 0 Å². The molecule has 140 valence electrons. The van der Waals surface area contributed by atoms with Gasteiger partial charge in [-0.2, -0.15) is 13.2 Å². The van der Waals surface area contributed by atoms with Crippen LogP contribution in [0.15, 0.2) is 34.6 Å². The number of hydrogen-bond acceptors (Lipinski definition) is 5. The second-order valence-electron chi connectivity index (χ2n) is 5.15. The second kappa shape index (κ2) is 8.61. The maximum absolute atomic E-state index is 12.5. The topological polar surface area (TPSA) is 92.5 Å². The van der Waals surface area contributed by atoms with Crippen LogP contribution >= 0.6 is 11.3 Å². The number of rotatable bonds is 6. The number of guanidine groups is 1. The zero-order chi connectivity index (χ0) is 19.2. The lowest BCUT2D eigenvalue weighted by molar-refractivity contribution is -0.384. The first-order valence-corrected chi connectivity index (χ1v) is 8.37. The Hall–Kier alpha value is -2.69. The number of thiazole rings is 1. The molecule has 1 heterocycles. The van der Waals surface area contributed by atoms with Gasteiger partial charge in [0.15, 0.2) is 11.7 Å². The first kappa shape index (κ1) is 19.6. The van der Waals surface area contributed by atoms with Gasteiger partial charge in [-0.25, -0.2) is 4.98 Å². The molecule has 0 aliphatic carbocycles. The third-order valence-electron chi connectivity index (χ3n) is 3.30. The van der Waals surface area contributed by atoms with Crippen LogP contribution in [-0.4, -0.2) is 29.5 Å². The molecule has 1 aromatic heterocycles. The number of alkyl halides is 3. The lowest BCUT2D eigenvalue weighted by Gasteiger charge is -2.11. The van der Waals surface area contributed by atoms with Gasteiger partial charge in [0.05, 0.1) is 9.93 Å². The highest BCUT2D eigenvalue weighted by atomic mass is 32.1. The van der Waals surface area contributed by atoms with Gasteiger partial charge in [-0.05, 0) is 5.56 Å².